The Morgan fingerprint density at radius 2 is 2.21 bits per heavy atom. The van der Waals surface area contributed by atoms with Crippen molar-refractivity contribution in [2.24, 2.45) is 5.92 Å². The van der Waals surface area contributed by atoms with Gasteiger partial charge in [-0.05, 0) is 35.6 Å². The molecule has 124 valence electrons. The molecule has 0 bridgehead atoms. The molecule has 6 heteroatoms. The van der Waals surface area contributed by atoms with Gasteiger partial charge in [0.25, 0.3) is 0 Å². The number of fused-ring (bicyclic) bond motifs is 1. The number of carbonyl (C=O) groups excluding carboxylic acids is 1. The Labute approximate surface area is 141 Å². The number of amides is 1. The van der Waals surface area contributed by atoms with Gasteiger partial charge < -0.3 is 9.80 Å². The van der Waals surface area contributed by atoms with E-state index in [1.807, 2.05) is 42.2 Å². The van der Waals surface area contributed by atoms with Crippen LogP contribution in [0.3, 0.4) is 0 Å². The maximum absolute atomic E-state index is 12.8. The van der Waals surface area contributed by atoms with Crippen molar-refractivity contribution < 1.29 is 4.79 Å². The molecule has 2 aromatic rings. The Kier molecular flexibility index (Phi) is 3.67. The number of carbonyl (C=O) groups is 1. The summed E-state index contributed by atoms with van der Waals surface area (Å²) in [5.41, 5.74) is 3.31. The molecule has 0 aromatic carbocycles. The van der Waals surface area contributed by atoms with Crippen LogP contribution in [0.15, 0.2) is 30.6 Å². The van der Waals surface area contributed by atoms with Crippen molar-refractivity contribution in [2.75, 3.05) is 25.5 Å². The molecule has 4 rings (SSSR count). The number of anilines is 1. The molecule has 6 nitrogen and oxygen atoms in total. The summed E-state index contributed by atoms with van der Waals surface area (Å²) in [6.07, 6.45) is 5.37. The van der Waals surface area contributed by atoms with E-state index in [1.54, 1.807) is 6.20 Å². The predicted molar refractivity (Wildman–Crippen MR) is 90.6 cm³/mol. The Morgan fingerprint density at radius 3 is 2.96 bits per heavy atom. The fourth-order valence-electron chi connectivity index (χ4n) is 3.39. The first-order valence-corrected chi connectivity index (χ1v) is 8.35. The maximum atomic E-state index is 12.8. The maximum Gasteiger partial charge on any atom is 0.226 e. The molecule has 1 fully saturated rings. The van der Waals surface area contributed by atoms with E-state index in [1.165, 1.54) is 5.56 Å². The highest BCUT2D eigenvalue weighted by Crippen LogP contribution is 2.48. The topological polar surface area (TPSA) is 62.2 Å². The van der Waals surface area contributed by atoms with Crippen LogP contribution in [0.5, 0.6) is 0 Å². The quantitative estimate of drug-likeness (QED) is 0.859. The first kappa shape index (κ1) is 15.1. The molecule has 1 amide bonds. The lowest BCUT2D eigenvalue weighted by atomic mass is 10.0. The molecule has 1 aliphatic carbocycles. The second-order valence-electron chi connectivity index (χ2n) is 6.81. The van der Waals surface area contributed by atoms with Crippen LogP contribution in [-0.2, 0) is 17.8 Å². The molecule has 2 atom stereocenters. The zero-order valence-corrected chi connectivity index (χ0v) is 14.0. The molecular formula is C18H21N5O. The van der Waals surface area contributed by atoms with Gasteiger partial charge in [0.05, 0.1) is 5.69 Å². The summed E-state index contributed by atoms with van der Waals surface area (Å²) in [5, 5.41) is 8.55. The van der Waals surface area contributed by atoms with Crippen LogP contribution in [0.1, 0.15) is 29.2 Å². The van der Waals surface area contributed by atoms with Gasteiger partial charge in [-0.1, -0.05) is 6.07 Å². The SMILES string of the molecule is CN(C)c1cc2c(nn1)CCN(C(=O)C1CC1c1cccnc1)C2. The number of hydrogen-bond acceptors (Lipinski definition) is 5. The Bertz CT molecular complexity index is 761. The van der Waals surface area contributed by atoms with E-state index in [4.69, 9.17) is 0 Å². The molecular weight excluding hydrogens is 302 g/mol. The molecule has 0 N–H and O–H groups in total. The average molecular weight is 323 g/mol. The van der Waals surface area contributed by atoms with Crippen molar-refractivity contribution in [2.45, 2.75) is 25.3 Å². The third-order valence-electron chi connectivity index (χ3n) is 4.92. The fraction of sp³-hybridized carbons (Fsp3) is 0.444. The number of rotatable bonds is 3. The lowest BCUT2D eigenvalue weighted by Crippen LogP contribution is -2.37. The van der Waals surface area contributed by atoms with Gasteiger partial charge in [0.2, 0.25) is 5.91 Å². The molecule has 0 saturated heterocycles. The van der Waals surface area contributed by atoms with Gasteiger partial charge in [-0.2, -0.15) is 5.10 Å². The number of nitrogens with zero attached hydrogens (tertiary/aromatic N) is 5. The number of aromatic nitrogens is 3. The summed E-state index contributed by atoms with van der Waals surface area (Å²) >= 11 is 0. The second-order valence-corrected chi connectivity index (χ2v) is 6.81. The van der Waals surface area contributed by atoms with Gasteiger partial charge in [-0.3, -0.25) is 9.78 Å². The van der Waals surface area contributed by atoms with Crippen LogP contribution in [0, 0.1) is 5.92 Å². The minimum atomic E-state index is 0.110. The first-order valence-electron chi connectivity index (χ1n) is 8.35. The van der Waals surface area contributed by atoms with Gasteiger partial charge in [0.15, 0.2) is 5.82 Å². The number of pyridine rings is 1. The standard InChI is InChI=1S/C18H21N5O/c1-22(2)17-8-13-11-23(7-5-16(13)20-21-17)18(24)15-9-14(15)12-4-3-6-19-10-12/h3-4,6,8,10,14-15H,5,7,9,11H2,1-2H3. The van der Waals surface area contributed by atoms with Crippen molar-refractivity contribution in [3.8, 4) is 0 Å². The Hall–Kier alpha value is -2.50. The Morgan fingerprint density at radius 1 is 1.33 bits per heavy atom. The van der Waals surface area contributed by atoms with Crippen LogP contribution in [0.25, 0.3) is 0 Å². The molecule has 1 saturated carbocycles. The Balaban J connectivity index is 1.47. The van der Waals surface area contributed by atoms with Crippen molar-refractivity contribution >= 4 is 11.7 Å². The monoisotopic (exact) mass is 323 g/mol. The number of hydrogen-bond donors (Lipinski definition) is 0. The van der Waals surface area contributed by atoms with Crippen LogP contribution in [0.2, 0.25) is 0 Å². The molecule has 2 aliphatic rings. The average Bonchev–Trinajstić information content (AvgIpc) is 3.41. The van der Waals surface area contributed by atoms with Crippen LogP contribution >= 0.6 is 0 Å². The lowest BCUT2D eigenvalue weighted by molar-refractivity contribution is -0.133. The van der Waals surface area contributed by atoms with Gasteiger partial charge in [0, 0.05) is 51.9 Å². The van der Waals surface area contributed by atoms with E-state index in [0.717, 1.165) is 36.5 Å². The molecule has 2 unspecified atom stereocenters. The summed E-state index contributed by atoms with van der Waals surface area (Å²) in [5.74, 6) is 1.54. The molecule has 1 aliphatic heterocycles. The lowest BCUT2D eigenvalue weighted by Gasteiger charge is -2.29. The molecule has 3 heterocycles. The van der Waals surface area contributed by atoms with Crippen LogP contribution in [0.4, 0.5) is 5.82 Å². The van der Waals surface area contributed by atoms with Crippen molar-refractivity contribution in [1.29, 1.82) is 0 Å². The highest BCUT2D eigenvalue weighted by Gasteiger charge is 2.46. The summed E-state index contributed by atoms with van der Waals surface area (Å²) in [7, 11) is 3.90. The minimum absolute atomic E-state index is 0.110. The minimum Gasteiger partial charge on any atom is -0.361 e. The molecule has 0 spiro atoms. The second kappa shape index (κ2) is 5.85. The third kappa shape index (κ3) is 2.72. The molecule has 24 heavy (non-hydrogen) atoms. The van der Waals surface area contributed by atoms with E-state index in [-0.39, 0.29) is 11.8 Å². The largest absolute Gasteiger partial charge is 0.361 e. The van der Waals surface area contributed by atoms with E-state index < -0.39 is 0 Å². The zero-order chi connectivity index (χ0) is 16.7. The third-order valence-corrected chi connectivity index (χ3v) is 4.92. The zero-order valence-electron chi connectivity index (χ0n) is 14.0. The van der Waals surface area contributed by atoms with Crippen LogP contribution < -0.4 is 4.90 Å². The summed E-state index contributed by atoms with van der Waals surface area (Å²) < 4.78 is 0. The van der Waals surface area contributed by atoms with Crippen molar-refractivity contribution in [1.82, 2.24) is 20.1 Å². The van der Waals surface area contributed by atoms with Crippen molar-refractivity contribution in [3.63, 3.8) is 0 Å². The fourth-order valence-corrected chi connectivity index (χ4v) is 3.39. The van der Waals surface area contributed by atoms with E-state index in [9.17, 15) is 4.79 Å². The van der Waals surface area contributed by atoms with Crippen LogP contribution in [-0.4, -0.2) is 46.6 Å². The van der Waals surface area contributed by atoms with E-state index in [0.29, 0.717) is 12.5 Å². The van der Waals surface area contributed by atoms with E-state index in [2.05, 4.69) is 21.2 Å². The summed E-state index contributed by atoms with van der Waals surface area (Å²) in [6, 6.07) is 6.05. The normalized spacial score (nSPS) is 22.0. The van der Waals surface area contributed by atoms with E-state index >= 15 is 0 Å². The van der Waals surface area contributed by atoms with Crippen molar-refractivity contribution in [3.05, 3.63) is 47.4 Å². The molecule has 0 radical (unpaired) electrons. The van der Waals surface area contributed by atoms with Gasteiger partial charge in [0.1, 0.15) is 0 Å². The summed E-state index contributed by atoms with van der Waals surface area (Å²) in [4.78, 5) is 20.9. The highest BCUT2D eigenvalue weighted by molar-refractivity contribution is 5.83. The first-order chi connectivity index (χ1) is 11.6. The summed E-state index contributed by atoms with van der Waals surface area (Å²) in [6.45, 7) is 1.37. The van der Waals surface area contributed by atoms with Gasteiger partial charge >= 0.3 is 0 Å². The van der Waals surface area contributed by atoms with Gasteiger partial charge in [-0.25, -0.2) is 0 Å². The van der Waals surface area contributed by atoms with Gasteiger partial charge in [-0.15, -0.1) is 5.10 Å². The predicted octanol–water partition coefficient (Wildman–Crippen LogP) is 1.63. The smallest absolute Gasteiger partial charge is 0.226 e. The molecule has 2 aromatic heterocycles. The highest BCUT2D eigenvalue weighted by atomic mass is 16.2.